The Morgan fingerprint density at radius 1 is 0.886 bits per heavy atom. The zero-order chi connectivity index (χ0) is 24.0. The van der Waals surface area contributed by atoms with Crippen LogP contribution in [0.1, 0.15) is 70.6 Å². The van der Waals surface area contributed by atoms with Crippen molar-refractivity contribution in [2.75, 3.05) is 51.5 Å². The van der Waals surface area contributed by atoms with Crippen molar-refractivity contribution in [2.45, 2.75) is 76.7 Å². The number of rotatable bonds is 9. The maximum Gasteiger partial charge on any atom is 0.231 e. The summed E-state index contributed by atoms with van der Waals surface area (Å²) in [6.07, 6.45) is 13.1. The first kappa shape index (κ1) is 24.9. The molecule has 0 radical (unpaired) electrons. The van der Waals surface area contributed by atoms with E-state index in [0.29, 0.717) is 30.5 Å². The number of fused-ring (bicyclic) bond motifs is 1. The minimum absolute atomic E-state index is 0.332. The van der Waals surface area contributed by atoms with E-state index in [1.54, 1.807) is 0 Å². The summed E-state index contributed by atoms with van der Waals surface area (Å²) in [7, 11) is 1.81. The Kier molecular flexibility index (Phi) is 8.51. The highest BCUT2D eigenvalue weighted by Crippen LogP contribution is 2.41. The number of Topliss-reactive ketones (excluding diaryl/α,β-unsaturated/α-hetero) is 1. The molecule has 1 aromatic carbocycles. The van der Waals surface area contributed by atoms with Crippen LogP contribution in [0.4, 0.5) is 5.69 Å². The second-order valence-corrected chi connectivity index (χ2v) is 11.3. The fourth-order valence-electron chi connectivity index (χ4n) is 6.76. The summed E-state index contributed by atoms with van der Waals surface area (Å²) < 4.78 is 16.7. The second kappa shape index (κ2) is 12.0. The molecule has 2 aliphatic heterocycles. The van der Waals surface area contributed by atoms with E-state index in [0.717, 1.165) is 69.3 Å². The molecule has 2 aliphatic carbocycles. The number of carbonyl (C=O) groups is 1. The molecule has 2 saturated carbocycles. The molecule has 0 unspecified atom stereocenters. The number of para-hydroxylation sites is 1. The topological polar surface area (TPSA) is 51.2 Å². The fraction of sp³-hybridized carbons (Fsp3) is 0.759. The zero-order valence-corrected chi connectivity index (χ0v) is 21.6. The third-order valence-electron chi connectivity index (χ3n) is 9.07. The van der Waals surface area contributed by atoms with E-state index >= 15 is 0 Å². The van der Waals surface area contributed by atoms with E-state index in [2.05, 4.69) is 21.9 Å². The third-order valence-corrected chi connectivity index (χ3v) is 9.07. The van der Waals surface area contributed by atoms with Crippen LogP contribution in [-0.4, -0.2) is 63.4 Å². The second-order valence-electron chi connectivity index (χ2n) is 11.3. The van der Waals surface area contributed by atoms with Crippen molar-refractivity contribution in [3.63, 3.8) is 0 Å². The number of carbonyl (C=O) groups excluding carboxylic acids is 1. The van der Waals surface area contributed by atoms with Gasteiger partial charge in [-0.15, -0.1) is 0 Å². The number of ether oxygens (including phenoxy) is 3. The van der Waals surface area contributed by atoms with Crippen molar-refractivity contribution < 1.29 is 19.0 Å². The van der Waals surface area contributed by atoms with Gasteiger partial charge in [-0.3, -0.25) is 9.69 Å². The molecule has 35 heavy (non-hydrogen) atoms. The molecule has 0 spiro atoms. The molecule has 0 N–H and O–H groups in total. The number of piperazine rings is 1. The maximum atomic E-state index is 12.7. The molecule has 0 amide bonds. The molecule has 3 fully saturated rings. The largest absolute Gasteiger partial charge is 0.454 e. The van der Waals surface area contributed by atoms with Gasteiger partial charge < -0.3 is 19.1 Å². The maximum absolute atomic E-state index is 12.7. The minimum Gasteiger partial charge on any atom is -0.454 e. The molecule has 194 valence electrons. The third kappa shape index (κ3) is 6.51. The van der Waals surface area contributed by atoms with Crippen LogP contribution in [0.3, 0.4) is 0 Å². The van der Waals surface area contributed by atoms with Crippen LogP contribution in [0.2, 0.25) is 0 Å². The number of methoxy groups -OCH3 is 1. The number of hydrogen-bond donors (Lipinski definition) is 0. The summed E-state index contributed by atoms with van der Waals surface area (Å²) >= 11 is 0. The molecule has 6 nitrogen and oxygen atoms in total. The van der Waals surface area contributed by atoms with Gasteiger partial charge in [-0.25, -0.2) is 0 Å². The molecular weight excluding hydrogens is 440 g/mol. The Hall–Kier alpha value is -1.79. The zero-order valence-electron chi connectivity index (χ0n) is 21.6. The van der Waals surface area contributed by atoms with Gasteiger partial charge in [0.2, 0.25) is 6.79 Å². The molecule has 0 atom stereocenters. The fourth-order valence-corrected chi connectivity index (χ4v) is 6.76. The first-order valence-corrected chi connectivity index (χ1v) is 14.1. The van der Waals surface area contributed by atoms with E-state index in [9.17, 15) is 4.79 Å². The Morgan fingerprint density at radius 2 is 1.54 bits per heavy atom. The van der Waals surface area contributed by atoms with E-state index in [1.807, 2.05) is 13.2 Å². The SMILES string of the molecule is COC1CCC(CC(=O)CC2CCC(CCN3CCN(c4cccc5c4OCO5)CC3)CC2)CC1. The van der Waals surface area contributed by atoms with Crippen molar-refractivity contribution in [2.24, 2.45) is 17.8 Å². The number of anilines is 1. The predicted molar refractivity (Wildman–Crippen MR) is 138 cm³/mol. The molecule has 0 aromatic heterocycles. The highest BCUT2D eigenvalue weighted by molar-refractivity contribution is 5.78. The average molecular weight is 485 g/mol. The highest BCUT2D eigenvalue weighted by atomic mass is 16.7. The van der Waals surface area contributed by atoms with Crippen molar-refractivity contribution in [1.82, 2.24) is 4.90 Å². The lowest BCUT2D eigenvalue weighted by Crippen LogP contribution is -2.47. The number of nitrogens with zero attached hydrogens (tertiary/aromatic N) is 2. The van der Waals surface area contributed by atoms with E-state index in [-0.39, 0.29) is 0 Å². The van der Waals surface area contributed by atoms with Gasteiger partial charge >= 0.3 is 0 Å². The van der Waals surface area contributed by atoms with Crippen molar-refractivity contribution in [1.29, 1.82) is 0 Å². The van der Waals surface area contributed by atoms with E-state index in [1.165, 1.54) is 57.2 Å². The summed E-state index contributed by atoms with van der Waals surface area (Å²) in [6.45, 7) is 5.85. The molecule has 4 aliphatic rings. The first-order chi connectivity index (χ1) is 17.2. The van der Waals surface area contributed by atoms with Crippen molar-refractivity contribution >= 4 is 11.5 Å². The molecule has 2 heterocycles. The summed E-state index contributed by atoms with van der Waals surface area (Å²) in [5, 5.41) is 0. The smallest absolute Gasteiger partial charge is 0.231 e. The normalized spacial score (nSPS) is 29.3. The first-order valence-electron chi connectivity index (χ1n) is 14.1. The van der Waals surface area contributed by atoms with Gasteiger partial charge in [0.05, 0.1) is 11.8 Å². The van der Waals surface area contributed by atoms with Crippen LogP contribution >= 0.6 is 0 Å². The molecule has 1 saturated heterocycles. The monoisotopic (exact) mass is 484 g/mol. The summed E-state index contributed by atoms with van der Waals surface area (Å²) in [4.78, 5) is 17.7. The Balaban J connectivity index is 0.963. The van der Waals surface area contributed by atoms with Gasteiger partial charge in [-0.05, 0) is 81.4 Å². The van der Waals surface area contributed by atoms with Gasteiger partial charge in [0, 0.05) is 46.1 Å². The molecule has 5 rings (SSSR count). The van der Waals surface area contributed by atoms with E-state index < -0.39 is 0 Å². The molecule has 0 bridgehead atoms. The summed E-state index contributed by atoms with van der Waals surface area (Å²) in [5.74, 6) is 4.39. The summed E-state index contributed by atoms with van der Waals surface area (Å²) in [5.41, 5.74) is 1.18. The summed E-state index contributed by atoms with van der Waals surface area (Å²) in [6, 6.07) is 6.20. The lowest BCUT2D eigenvalue weighted by Gasteiger charge is -2.37. The predicted octanol–water partition coefficient (Wildman–Crippen LogP) is 5.29. The van der Waals surface area contributed by atoms with Gasteiger partial charge in [-0.1, -0.05) is 18.9 Å². The van der Waals surface area contributed by atoms with Crippen LogP contribution in [0.15, 0.2) is 18.2 Å². The van der Waals surface area contributed by atoms with Crippen molar-refractivity contribution in [3.05, 3.63) is 18.2 Å². The quantitative estimate of drug-likeness (QED) is 0.475. The Morgan fingerprint density at radius 3 is 2.23 bits per heavy atom. The Labute approximate surface area is 211 Å². The van der Waals surface area contributed by atoms with Crippen LogP contribution in [0.25, 0.3) is 0 Å². The van der Waals surface area contributed by atoms with Crippen molar-refractivity contribution in [3.8, 4) is 11.5 Å². The number of benzene rings is 1. The van der Waals surface area contributed by atoms with Crippen LogP contribution in [0.5, 0.6) is 11.5 Å². The van der Waals surface area contributed by atoms with Crippen LogP contribution in [-0.2, 0) is 9.53 Å². The number of hydrogen-bond acceptors (Lipinski definition) is 6. The lowest BCUT2D eigenvalue weighted by atomic mass is 9.77. The van der Waals surface area contributed by atoms with Gasteiger partial charge in [0.1, 0.15) is 5.78 Å². The highest BCUT2D eigenvalue weighted by Gasteiger charge is 2.28. The molecular formula is C29H44N2O4. The van der Waals surface area contributed by atoms with Gasteiger partial charge in [0.25, 0.3) is 0 Å². The van der Waals surface area contributed by atoms with Gasteiger partial charge in [-0.2, -0.15) is 0 Å². The van der Waals surface area contributed by atoms with E-state index in [4.69, 9.17) is 14.2 Å². The number of ketones is 1. The molecule has 6 heteroatoms. The minimum atomic E-state index is 0.332. The van der Waals surface area contributed by atoms with Crippen LogP contribution in [0, 0.1) is 17.8 Å². The van der Waals surface area contributed by atoms with Gasteiger partial charge in [0.15, 0.2) is 11.5 Å². The average Bonchev–Trinajstić information content (AvgIpc) is 3.38. The lowest BCUT2D eigenvalue weighted by molar-refractivity contribution is -0.121. The Bertz CT molecular complexity index is 822. The standard InChI is InChI=1S/C29H44N2O4/c1-33-26-11-9-24(10-12-26)20-25(32)19-23-7-5-22(6-8-23)13-14-30-15-17-31(18-16-30)27-3-2-4-28-29(27)35-21-34-28/h2-4,22-24,26H,5-21H2,1H3. The van der Waals surface area contributed by atoms with Crippen LogP contribution < -0.4 is 14.4 Å². The molecule has 1 aromatic rings.